The lowest BCUT2D eigenvalue weighted by atomic mass is 10.1. The highest BCUT2D eigenvalue weighted by Crippen LogP contribution is 2.04. The SMILES string of the molecule is C/C=C/CC/C(C)=C/C(C)N.I. The molecule has 0 spiro atoms. The molecule has 0 amide bonds. The molecular weight excluding hydrogens is 261 g/mol. The van der Waals surface area contributed by atoms with E-state index < -0.39 is 0 Å². The first-order chi connectivity index (χ1) is 5.16. The zero-order valence-corrected chi connectivity index (χ0v) is 10.5. The third kappa shape index (κ3) is 10.2. The van der Waals surface area contributed by atoms with Crippen LogP contribution in [-0.4, -0.2) is 6.04 Å². The second-order valence-electron chi connectivity index (χ2n) is 2.98. The van der Waals surface area contributed by atoms with Crippen LogP contribution in [0, 0.1) is 0 Å². The summed E-state index contributed by atoms with van der Waals surface area (Å²) in [6, 6.07) is 0.195. The van der Waals surface area contributed by atoms with Gasteiger partial charge in [-0.2, -0.15) is 0 Å². The van der Waals surface area contributed by atoms with E-state index in [2.05, 4.69) is 25.2 Å². The molecule has 1 nitrogen and oxygen atoms in total. The van der Waals surface area contributed by atoms with Crippen molar-refractivity contribution in [2.75, 3.05) is 0 Å². The Hall–Kier alpha value is 0.170. The van der Waals surface area contributed by atoms with Crippen LogP contribution in [0.4, 0.5) is 0 Å². The van der Waals surface area contributed by atoms with Crippen LogP contribution >= 0.6 is 24.0 Å². The van der Waals surface area contributed by atoms with Crippen molar-refractivity contribution in [3.8, 4) is 0 Å². The van der Waals surface area contributed by atoms with Crippen LogP contribution in [-0.2, 0) is 0 Å². The van der Waals surface area contributed by atoms with E-state index in [9.17, 15) is 0 Å². The number of nitrogens with two attached hydrogens (primary N) is 1. The van der Waals surface area contributed by atoms with Crippen molar-refractivity contribution < 1.29 is 0 Å². The molecule has 72 valence electrons. The molecule has 12 heavy (non-hydrogen) atoms. The van der Waals surface area contributed by atoms with Gasteiger partial charge in [-0.25, -0.2) is 0 Å². The van der Waals surface area contributed by atoms with Crippen LogP contribution < -0.4 is 5.73 Å². The first kappa shape index (κ1) is 14.7. The third-order valence-corrected chi connectivity index (χ3v) is 1.49. The van der Waals surface area contributed by atoms with E-state index in [4.69, 9.17) is 5.73 Å². The molecule has 0 fully saturated rings. The molecule has 0 saturated carbocycles. The monoisotopic (exact) mass is 281 g/mol. The minimum absolute atomic E-state index is 0. The fourth-order valence-corrected chi connectivity index (χ4v) is 1.01. The summed E-state index contributed by atoms with van der Waals surface area (Å²) in [4.78, 5) is 0. The molecule has 2 heteroatoms. The molecule has 2 N–H and O–H groups in total. The van der Waals surface area contributed by atoms with E-state index in [1.54, 1.807) is 0 Å². The average molecular weight is 281 g/mol. The molecule has 0 rings (SSSR count). The van der Waals surface area contributed by atoms with Gasteiger partial charge >= 0.3 is 0 Å². The average Bonchev–Trinajstić information content (AvgIpc) is 1.86. The van der Waals surface area contributed by atoms with Crippen LogP contribution in [0.5, 0.6) is 0 Å². The number of halogens is 1. The molecule has 0 aromatic carbocycles. The Bertz CT molecular complexity index is 148. The van der Waals surface area contributed by atoms with Crippen molar-refractivity contribution in [1.29, 1.82) is 0 Å². The molecule has 0 aliphatic heterocycles. The van der Waals surface area contributed by atoms with E-state index in [1.807, 2.05) is 13.8 Å². The van der Waals surface area contributed by atoms with Crippen molar-refractivity contribution >= 4 is 24.0 Å². The summed E-state index contributed by atoms with van der Waals surface area (Å²) in [7, 11) is 0. The van der Waals surface area contributed by atoms with Gasteiger partial charge in [-0.05, 0) is 33.6 Å². The van der Waals surface area contributed by atoms with Gasteiger partial charge in [0.25, 0.3) is 0 Å². The molecule has 0 bridgehead atoms. The number of rotatable bonds is 4. The molecule has 0 saturated heterocycles. The Morgan fingerprint density at radius 3 is 2.50 bits per heavy atom. The normalized spacial score (nSPS) is 14.5. The maximum absolute atomic E-state index is 5.60. The minimum atomic E-state index is 0. The number of hydrogen-bond acceptors (Lipinski definition) is 1. The van der Waals surface area contributed by atoms with Gasteiger partial charge in [0.05, 0.1) is 0 Å². The lowest BCUT2D eigenvalue weighted by Gasteiger charge is -2.00. The molecule has 0 heterocycles. The molecule has 0 aromatic rings. The molecular formula is C10H20IN. The van der Waals surface area contributed by atoms with Crippen LogP contribution in [0.3, 0.4) is 0 Å². The van der Waals surface area contributed by atoms with Gasteiger partial charge in [0.1, 0.15) is 0 Å². The second-order valence-corrected chi connectivity index (χ2v) is 2.98. The largest absolute Gasteiger partial charge is 0.325 e. The van der Waals surface area contributed by atoms with Crippen molar-refractivity contribution in [3.63, 3.8) is 0 Å². The summed E-state index contributed by atoms with van der Waals surface area (Å²) in [6.45, 7) is 6.18. The van der Waals surface area contributed by atoms with Gasteiger partial charge in [0.15, 0.2) is 0 Å². The highest BCUT2D eigenvalue weighted by Gasteiger charge is 1.90. The Morgan fingerprint density at radius 2 is 2.08 bits per heavy atom. The topological polar surface area (TPSA) is 26.0 Å². The van der Waals surface area contributed by atoms with E-state index in [0.29, 0.717) is 0 Å². The zero-order chi connectivity index (χ0) is 8.69. The Balaban J connectivity index is 0. The van der Waals surface area contributed by atoms with Crippen molar-refractivity contribution in [3.05, 3.63) is 23.8 Å². The number of allylic oxidation sites excluding steroid dienone is 3. The molecule has 1 unspecified atom stereocenters. The van der Waals surface area contributed by atoms with E-state index in [0.717, 1.165) is 12.8 Å². The summed E-state index contributed by atoms with van der Waals surface area (Å²) in [5, 5.41) is 0. The van der Waals surface area contributed by atoms with Gasteiger partial charge in [0, 0.05) is 6.04 Å². The van der Waals surface area contributed by atoms with Crippen LogP contribution in [0.2, 0.25) is 0 Å². The Morgan fingerprint density at radius 1 is 1.50 bits per heavy atom. The van der Waals surface area contributed by atoms with Gasteiger partial charge in [0.2, 0.25) is 0 Å². The van der Waals surface area contributed by atoms with Crippen molar-refractivity contribution in [2.45, 2.75) is 39.7 Å². The van der Waals surface area contributed by atoms with E-state index >= 15 is 0 Å². The van der Waals surface area contributed by atoms with Crippen LogP contribution in [0.15, 0.2) is 23.8 Å². The lowest BCUT2D eigenvalue weighted by molar-refractivity contribution is 0.882. The van der Waals surface area contributed by atoms with Crippen LogP contribution in [0.1, 0.15) is 33.6 Å². The summed E-state index contributed by atoms with van der Waals surface area (Å²) < 4.78 is 0. The predicted octanol–water partition coefficient (Wildman–Crippen LogP) is 3.25. The minimum Gasteiger partial charge on any atom is -0.325 e. The van der Waals surface area contributed by atoms with Crippen LogP contribution in [0.25, 0.3) is 0 Å². The van der Waals surface area contributed by atoms with E-state index in [1.165, 1.54) is 5.57 Å². The first-order valence-corrected chi connectivity index (χ1v) is 4.21. The Labute approximate surface area is 93.1 Å². The summed E-state index contributed by atoms with van der Waals surface area (Å²) in [6.07, 6.45) is 8.64. The smallest absolute Gasteiger partial charge is 0.0197 e. The van der Waals surface area contributed by atoms with Gasteiger partial charge < -0.3 is 5.73 Å². The summed E-state index contributed by atoms with van der Waals surface area (Å²) >= 11 is 0. The molecule has 0 radical (unpaired) electrons. The van der Waals surface area contributed by atoms with Gasteiger partial charge in [-0.15, -0.1) is 24.0 Å². The zero-order valence-electron chi connectivity index (χ0n) is 8.21. The summed E-state index contributed by atoms with van der Waals surface area (Å²) in [5.41, 5.74) is 6.99. The Kier molecular flexibility index (Phi) is 11.3. The van der Waals surface area contributed by atoms with Gasteiger partial charge in [-0.3, -0.25) is 0 Å². The highest BCUT2D eigenvalue weighted by molar-refractivity contribution is 14.0. The first-order valence-electron chi connectivity index (χ1n) is 4.21. The summed E-state index contributed by atoms with van der Waals surface area (Å²) in [5.74, 6) is 0. The molecule has 0 aromatic heterocycles. The van der Waals surface area contributed by atoms with Crippen molar-refractivity contribution in [1.82, 2.24) is 0 Å². The quantitative estimate of drug-likeness (QED) is 0.621. The standard InChI is InChI=1S/C10H19N.HI/c1-4-5-6-7-9(2)8-10(3)11;/h4-5,8,10H,6-7,11H2,1-3H3;1H/b5-4+,9-8+;. The van der Waals surface area contributed by atoms with E-state index in [-0.39, 0.29) is 30.0 Å². The maximum Gasteiger partial charge on any atom is 0.0197 e. The number of hydrogen-bond donors (Lipinski definition) is 1. The second kappa shape index (κ2) is 9.26. The molecule has 1 atom stereocenters. The lowest BCUT2D eigenvalue weighted by Crippen LogP contribution is -2.11. The third-order valence-electron chi connectivity index (χ3n) is 1.49. The highest BCUT2D eigenvalue weighted by atomic mass is 127. The fourth-order valence-electron chi connectivity index (χ4n) is 1.01. The fraction of sp³-hybridized carbons (Fsp3) is 0.600. The predicted molar refractivity (Wildman–Crippen MR) is 66.9 cm³/mol. The molecule has 0 aliphatic rings. The maximum atomic E-state index is 5.60. The molecule has 0 aliphatic carbocycles. The van der Waals surface area contributed by atoms with Crippen molar-refractivity contribution in [2.24, 2.45) is 5.73 Å². The van der Waals surface area contributed by atoms with Gasteiger partial charge in [-0.1, -0.05) is 23.8 Å².